The number of carbonyl (C=O) groups is 1. The Morgan fingerprint density at radius 3 is 2.74 bits per heavy atom. The zero-order valence-electron chi connectivity index (χ0n) is 12.4. The molecular weight excluding hydrogens is 236 g/mol. The molecule has 2 rings (SSSR count). The van der Waals surface area contributed by atoms with Gasteiger partial charge in [-0.15, -0.1) is 0 Å². The van der Waals surface area contributed by atoms with Gasteiger partial charge in [0.25, 0.3) is 0 Å². The van der Waals surface area contributed by atoms with Gasteiger partial charge in [0.2, 0.25) is 5.91 Å². The summed E-state index contributed by atoms with van der Waals surface area (Å²) in [6, 6.07) is 6.40. The number of benzene rings is 1. The van der Waals surface area contributed by atoms with E-state index in [9.17, 15) is 4.79 Å². The Hall–Kier alpha value is -1.35. The molecule has 19 heavy (non-hydrogen) atoms. The molecule has 1 aromatic carbocycles. The zero-order chi connectivity index (χ0) is 14.0. The standard InChI is InChI=1S/C16H24N2O/c1-11-5-6-14(13(3)9-11)10-18(4)16(19)15-12(2)7-8-17-15/h5-6,9,12,15,17H,7-8,10H2,1-4H3. The number of hydrogen-bond donors (Lipinski definition) is 1. The number of likely N-dealkylation sites (N-methyl/N-ethyl adjacent to an activating group) is 1. The lowest BCUT2D eigenvalue weighted by atomic mass is 10.0. The summed E-state index contributed by atoms with van der Waals surface area (Å²) < 4.78 is 0. The molecule has 0 radical (unpaired) electrons. The van der Waals surface area contributed by atoms with Crippen molar-refractivity contribution in [3.8, 4) is 0 Å². The highest BCUT2D eigenvalue weighted by Crippen LogP contribution is 2.18. The number of nitrogens with one attached hydrogen (secondary N) is 1. The van der Waals surface area contributed by atoms with Gasteiger partial charge in [-0.3, -0.25) is 4.79 Å². The van der Waals surface area contributed by atoms with E-state index in [1.54, 1.807) is 0 Å². The van der Waals surface area contributed by atoms with Gasteiger partial charge in [-0.25, -0.2) is 0 Å². The molecule has 3 nitrogen and oxygen atoms in total. The molecule has 0 saturated carbocycles. The van der Waals surface area contributed by atoms with E-state index >= 15 is 0 Å². The first-order chi connectivity index (χ1) is 8.99. The molecule has 104 valence electrons. The van der Waals surface area contributed by atoms with Crippen LogP contribution in [-0.4, -0.2) is 30.4 Å². The molecule has 1 N–H and O–H groups in total. The first-order valence-corrected chi connectivity index (χ1v) is 7.03. The Labute approximate surface area is 116 Å². The van der Waals surface area contributed by atoms with Gasteiger partial charge in [0, 0.05) is 13.6 Å². The van der Waals surface area contributed by atoms with Crippen LogP contribution >= 0.6 is 0 Å². The topological polar surface area (TPSA) is 32.3 Å². The molecule has 0 aliphatic carbocycles. The Bertz CT molecular complexity index is 470. The van der Waals surface area contributed by atoms with Crippen molar-refractivity contribution in [1.29, 1.82) is 0 Å². The summed E-state index contributed by atoms with van der Waals surface area (Å²) in [5, 5.41) is 3.31. The van der Waals surface area contributed by atoms with E-state index in [4.69, 9.17) is 0 Å². The average Bonchev–Trinajstić information content (AvgIpc) is 2.78. The van der Waals surface area contributed by atoms with E-state index in [0.717, 1.165) is 13.0 Å². The van der Waals surface area contributed by atoms with Crippen LogP contribution in [0.3, 0.4) is 0 Å². The van der Waals surface area contributed by atoms with Gasteiger partial charge >= 0.3 is 0 Å². The summed E-state index contributed by atoms with van der Waals surface area (Å²) in [4.78, 5) is 14.2. The van der Waals surface area contributed by atoms with Crippen molar-refractivity contribution in [3.05, 3.63) is 34.9 Å². The van der Waals surface area contributed by atoms with Crippen molar-refractivity contribution >= 4 is 5.91 Å². The van der Waals surface area contributed by atoms with Crippen LogP contribution in [0.1, 0.15) is 30.0 Å². The van der Waals surface area contributed by atoms with Gasteiger partial charge in [-0.05, 0) is 43.9 Å². The normalized spacial score (nSPS) is 22.5. The second-order valence-corrected chi connectivity index (χ2v) is 5.82. The Balaban J connectivity index is 2.04. The summed E-state index contributed by atoms with van der Waals surface area (Å²) in [6.45, 7) is 7.99. The van der Waals surface area contributed by atoms with Crippen LogP contribution in [0.25, 0.3) is 0 Å². The fraction of sp³-hybridized carbons (Fsp3) is 0.562. The molecule has 0 spiro atoms. The molecule has 1 amide bonds. The summed E-state index contributed by atoms with van der Waals surface area (Å²) >= 11 is 0. The van der Waals surface area contributed by atoms with E-state index < -0.39 is 0 Å². The smallest absolute Gasteiger partial charge is 0.240 e. The summed E-state index contributed by atoms with van der Waals surface area (Å²) in [6.07, 6.45) is 1.09. The van der Waals surface area contributed by atoms with Crippen molar-refractivity contribution in [2.45, 2.75) is 39.8 Å². The fourth-order valence-electron chi connectivity index (χ4n) is 2.76. The highest BCUT2D eigenvalue weighted by atomic mass is 16.2. The highest BCUT2D eigenvalue weighted by Gasteiger charge is 2.31. The second-order valence-electron chi connectivity index (χ2n) is 5.82. The van der Waals surface area contributed by atoms with Crippen LogP contribution in [0.5, 0.6) is 0 Å². The molecule has 0 aromatic heterocycles. The monoisotopic (exact) mass is 260 g/mol. The second kappa shape index (κ2) is 5.74. The number of hydrogen-bond acceptors (Lipinski definition) is 2. The fourth-order valence-corrected chi connectivity index (χ4v) is 2.76. The first kappa shape index (κ1) is 14.1. The molecule has 2 unspecified atom stereocenters. The van der Waals surface area contributed by atoms with Gasteiger partial charge in [0.1, 0.15) is 0 Å². The largest absolute Gasteiger partial charge is 0.340 e. The molecule has 3 heteroatoms. The first-order valence-electron chi connectivity index (χ1n) is 7.03. The summed E-state index contributed by atoms with van der Waals surface area (Å²) in [5.74, 6) is 0.652. The van der Waals surface area contributed by atoms with Crippen molar-refractivity contribution < 1.29 is 4.79 Å². The third-order valence-corrected chi connectivity index (χ3v) is 4.08. The molecule has 1 aliphatic heterocycles. The molecule has 0 bridgehead atoms. The van der Waals surface area contributed by atoms with Crippen molar-refractivity contribution in [1.82, 2.24) is 10.2 Å². The molecule has 1 aliphatic rings. The SMILES string of the molecule is Cc1ccc(CN(C)C(=O)C2NCCC2C)c(C)c1. The molecule has 1 saturated heterocycles. The lowest BCUT2D eigenvalue weighted by molar-refractivity contribution is -0.133. The average molecular weight is 260 g/mol. The van der Waals surface area contributed by atoms with Gasteiger partial charge in [0.05, 0.1) is 6.04 Å². The van der Waals surface area contributed by atoms with Crippen molar-refractivity contribution in [2.75, 3.05) is 13.6 Å². The van der Waals surface area contributed by atoms with E-state index in [0.29, 0.717) is 12.5 Å². The zero-order valence-corrected chi connectivity index (χ0v) is 12.4. The van der Waals surface area contributed by atoms with Gasteiger partial charge in [-0.2, -0.15) is 0 Å². The van der Waals surface area contributed by atoms with E-state index in [-0.39, 0.29) is 11.9 Å². The lowest BCUT2D eigenvalue weighted by Gasteiger charge is -2.24. The van der Waals surface area contributed by atoms with E-state index in [1.165, 1.54) is 16.7 Å². The molecule has 1 fully saturated rings. The van der Waals surface area contributed by atoms with Crippen LogP contribution in [0.15, 0.2) is 18.2 Å². The maximum atomic E-state index is 12.4. The van der Waals surface area contributed by atoms with E-state index in [1.807, 2.05) is 11.9 Å². The van der Waals surface area contributed by atoms with E-state index in [2.05, 4.69) is 44.3 Å². The minimum Gasteiger partial charge on any atom is -0.340 e. The predicted molar refractivity (Wildman–Crippen MR) is 78.0 cm³/mol. The van der Waals surface area contributed by atoms with Crippen LogP contribution in [0, 0.1) is 19.8 Å². The van der Waals surface area contributed by atoms with Crippen LogP contribution in [0.4, 0.5) is 0 Å². The van der Waals surface area contributed by atoms with Crippen LogP contribution in [-0.2, 0) is 11.3 Å². The maximum Gasteiger partial charge on any atom is 0.240 e. The molecule has 1 aromatic rings. The quantitative estimate of drug-likeness (QED) is 0.904. The predicted octanol–water partition coefficient (Wildman–Crippen LogP) is 2.26. The van der Waals surface area contributed by atoms with Gasteiger partial charge in [-0.1, -0.05) is 30.7 Å². The number of nitrogens with zero attached hydrogens (tertiary/aromatic N) is 1. The maximum absolute atomic E-state index is 12.4. The number of amides is 1. The van der Waals surface area contributed by atoms with Crippen molar-refractivity contribution in [2.24, 2.45) is 5.92 Å². The highest BCUT2D eigenvalue weighted by molar-refractivity contribution is 5.82. The molecule has 2 atom stereocenters. The number of carbonyl (C=O) groups excluding carboxylic acids is 1. The third-order valence-electron chi connectivity index (χ3n) is 4.08. The summed E-state index contributed by atoms with van der Waals surface area (Å²) in [7, 11) is 1.90. The molecular formula is C16H24N2O. The Morgan fingerprint density at radius 2 is 2.16 bits per heavy atom. The molecule has 1 heterocycles. The van der Waals surface area contributed by atoms with Gasteiger partial charge in [0.15, 0.2) is 0 Å². The minimum absolute atomic E-state index is 0.00393. The number of aryl methyl sites for hydroxylation is 2. The van der Waals surface area contributed by atoms with Crippen LogP contribution in [0.2, 0.25) is 0 Å². The van der Waals surface area contributed by atoms with Crippen molar-refractivity contribution in [3.63, 3.8) is 0 Å². The van der Waals surface area contributed by atoms with Gasteiger partial charge < -0.3 is 10.2 Å². The lowest BCUT2D eigenvalue weighted by Crippen LogP contribution is -2.43. The minimum atomic E-state index is -0.00393. The Morgan fingerprint density at radius 1 is 1.42 bits per heavy atom. The Kier molecular flexibility index (Phi) is 4.25. The third kappa shape index (κ3) is 3.16. The van der Waals surface area contributed by atoms with Crippen LogP contribution < -0.4 is 5.32 Å². The summed E-state index contributed by atoms with van der Waals surface area (Å²) in [5.41, 5.74) is 3.75. The number of rotatable bonds is 3.